The maximum absolute atomic E-state index is 13.2. The van der Waals surface area contributed by atoms with Crippen molar-refractivity contribution >= 4 is 63.1 Å². The van der Waals surface area contributed by atoms with Gasteiger partial charge in [0.25, 0.3) is 11.8 Å². The molecule has 0 radical (unpaired) electrons. The number of nitrogens with one attached hydrogen (secondary N) is 1. The third-order valence-corrected chi connectivity index (χ3v) is 6.02. The number of amides is 2. The number of hydrogen-bond acceptors (Lipinski definition) is 5. The largest absolute Gasteiger partial charge is 0.423 e. The van der Waals surface area contributed by atoms with Gasteiger partial charge < -0.3 is 10.1 Å². The van der Waals surface area contributed by atoms with Gasteiger partial charge in [-0.1, -0.05) is 65.7 Å². The number of imide groups is 1. The first kappa shape index (κ1) is 22.7. The van der Waals surface area contributed by atoms with Gasteiger partial charge in [0, 0.05) is 16.1 Å². The molecule has 0 saturated heterocycles. The Kier molecular flexibility index (Phi) is 5.99. The SMILES string of the molecule is O=C(Oc1cccc(Cl)c1)c1ccc(NC2=C(Cl)C(=O)N(c3cccc4ccccc34)C2=O)cc1. The van der Waals surface area contributed by atoms with Crippen LogP contribution in [0.1, 0.15) is 10.4 Å². The van der Waals surface area contributed by atoms with E-state index in [2.05, 4.69) is 5.32 Å². The minimum absolute atomic E-state index is 0.0427. The summed E-state index contributed by atoms with van der Waals surface area (Å²) in [6, 6.07) is 25.6. The third-order valence-electron chi connectivity index (χ3n) is 5.43. The number of anilines is 2. The summed E-state index contributed by atoms with van der Waals surface area (Å²) in [4.78, 5) is 39.6. The van der Waals surface area contributed by atoms with Crippen LogP contribution in [0.4, 0.5) is 11.4 Å². The van der Waals surface area contributed by atoms with E-state index in [1.807, 2.05) is 30.3 Å². The number of carbonyl (C=O) groups is 3. The number of nitrogens with zero attached hydrogens (tertiary/aromatic N) is 1. The fourth-order valence-corrected chi connectivity index (χ4v) is 4.16. The monoisotopic (exact) mass is 502 g/mol. The minimum atomic E-state index is -0.614. The highest BCUT2D eigenvalue weighted by Crippen LogP contribution is 2.34. The zero-order chi connectivity index (χ0) is 24.5. The van der Waals surface area contributed by atoms with E-state index in [-0.39, 0.29) is 10.7 Å². The van der Waals surface area contributed by atoms with Crippen LogP contribution in [-0.4, -0.2) is 17.8 Å². The second-order valence-electron chi connectivity index (χ2n) is 7.68. The molecule has 1 N–H and O–H groups in total. The van der Waals surface area contributed by atoms with Gasteiger partial charge in [-0.25, -0.2) is 9.69 Å². The summed E-state index contributed by atoms with van der Waals surface area (Å²) < 4.78 is 5.32. The van der Waals surface area contributed by atoms with Gasteiger partial charge in [-0.15, -0.1) is 0 Å². The van der Waals surface area contributed by atoms with Crippen LogP contribution in [0.3, 0.4) is 0 Å². The second kappa shape index (κ2) is 9.25. The highest BCUT2D eigenvalue weighted by atomic mass is 35.5. The van der Waals surface area contributed by atoms with Gasteiger partial charge in [0.2, 0.25) is 0 Å². The van der Waals surface area contributed by atoms with Crippen molar-refractivity contribution in [1.29, 1.82) is 0 Å². The van der Waals surface area contributed by atoms with Crippen molar-refractivity contribution < 1.29 is 19.1 Å². The number of esters is 1. The molecule has 0 bridgehead atoms. The third kappa shape index (κ3) is 4.37. The average Bonchev–Trinajstić information content (AvgIpc) is 3.07. The van der Waals surface area contributed by atoms with Crippen molar-refractivity contribution in [3.05, 3.63) is 112 Å². The quantitative estimate of drug-likeness (QED) is 0.201. The van der Waals surface area contributed by atoms with Crippen molar-refractivity contribution in [3.63, 3.8) is 0 Å². The number of carbonyl (C=O) groups excluding carboxylic acids is 3. The molecule has 0 fully saturated rings. The zero-order valence-electron chi connectivity index (χ0n) is 18.0. The van der Waals surface area contributed by atoms with Crippen molar-refractivity contribution in [2.24, 2.45) is 0 Å². The Balaban J connectivity index is 1.35. The van der Waals surface area contributed by atoms with Crippen LogP contribution in [0.25, 0.3) is 10.8 Å². The number of ether oxygens (including phenoxy) is 1. The minimum Gasteiger partial charge on any atom is -0.423 e. The second-order valence-corrected chi connectivity index (χ2v) is 8.50. The van der Waals surface area contributed by atoms with E-state index in [0.717, 1.165) is 15.7 Å². The summed E-state index contributed by atoms with van der Waals surface area (Å²) in [6.45, 7) is 0. The molecule has 4 aromatic rings. The molecule has 0 aromatic heterocycles. The zero-order valence-corrected chi connectivity index (χ0v) is 19.5. The predicted molar refractivity (Wildman–Crippen MR) is 136 cm³/mol. The number of hydrogen-bond donors (Lipinski definition) is 1. The summed E-state index contributed by atoms with van der Waals surface area (Å²) in [7, 11) is 0. The molecule has 0 saturated carbocycles. The molecular weight excluding hydrogens is 487 g/mol. The van der Waals surface area contributed by atoms with Crippen LogP contribution in [0.5, 0.6) is 5.75 Å². The highest BCUT2D eigenvalue weighted by molar-refractivity contribution is 6.53. The molecule has 172 valence electrons. The van der Waals surface area contributed by atoms with Gasteiger partial charge in [0.1, 0.15) is 16.5 Å². The Bertz CT molecular complexity index is 1520. The van der Waals surface area contributed by atoms with E-state index in [9.17, 15) is 14.4 Å². The van der Waals surface area contributed by atoms with Gasteiger partial charge >= 0.3 is 5.97 Å². The topological polar surface area (TPSA) is 75.7 Å². The van der Waals surface area contributed by atoms with E-state index in [1.165, 1.54) is 18.2 Å². The lowest BCUT2D eigenvalue weighted by Gasteiger charge is -2.17. The van der Waals surface area contributed by atoms with E-state index in [4.69, 9.17) is 27.9 Å². The summed E-state index contributed by atoms with van der Waals surface area (Å²) in [5.41, 5.74) is 1.17. The molecule has 1 heterocycles. The number of halogens is 2. The molecule has 1 aliphatic rings. The lowest BCUT2D eigenvalue weighted by molar-refractivity contribution is -0.120. The molecule has 2 amide bonds. The van der Waals surface area contributed by atoms with Gasteiger partial charge in [-0.3, -0.25) is 9.59 Å². The lowest BCUT2D eigenvalue weighted by Crippen LogP contribution is -2.32. The fraction of sp³-hybridized carbons (Fsp3) is 0. The molecule has 0 atom stereocenters. The summed E-state index contributed by atoms with van der Waals surface area (Å²) >= 11 is 12.2. The predicted octanol–water partition coefficient (Wildman–Crippen LogP) is 6.15. The summed E-state index contributed by atoms with van der Waals surface area (Å²) in [5.74, 6) is -1.42. The first-order valence-corrected chi connectivity index (χ1v) is 11.3. The normalized spacial score (nSPS) is 13.5. The molecule has 0 aliphatic carbocycles. The van der Waals surface area contributed by atoms with Crippen LogP contribution in [0.15, 0.2) is 102 Å². The Morgan fingerprint density at radius 3 is 2.29 bits per heavy atom. The van der Waals surface area contributed by atoms with Gasteiger partial charge in [-0.2, -0.15) is 0 Å². The number of rotatable bonds is 5. The number of benzene rings is 4. The molecule has 6 nitrogen and oxygen atoms in total. The molecule has 35 heavy (non-hydrogen) atoms. The highest BCUT2D eigenvalue weighted by Gasteiger charge is 2.39. The Morgan fingerprint density at radius 2 is 1.51 bits per heavy atom. The molecule has 5 rings (SSSR count). The molecule has 1 aliphatic heterocycles. The fourth-order valence-electron chi connectivity index (χ4n) is 3.76. The number of fused-ring (bicyclic) bond motifs is 1. The molecule has 8 heteroatoms. The van der Waals surface area contributed by atoms with E-state index >= 15 is 0 Å². The Hall–Kier alpha value is -4.13. The first-order valence-electron chi connectivity index (χ1n) is 10.5. The van der Waals surface area contributed by atoms with Crippen molar-refractivity contribution in [2.45, 2.75) is 0 Å². The first-order chi connectivity index (χ1) is 16.9. The van der Waals surface area contributed by atoms with Crippen LogP contribution >= 0.6 is 23.2 Å². The molecule has 4 aromatic carbocycles. The van der Waals surface area contributed by atoms with Gasteiger partial charge in [0.15, 0.2) is 0 Å². The Labute approximate surface area is 210 Å². The maximum Gasteiger partial charge on any atom is 0.343 e. The molecule has 0 spiro atoms. The standard InChI is InChI=1S/C27H16Cl2N2O4/c28-18-7-4-8-20(15-18)35-27(34)17-11-13-19(14-12-17)30-24-23(29)25(32)31(26(24)33)22-10-3-6-16-5-1-2-9-21(16)22/h1-15,30H. The Morgan fingerprint density at radius 1 is 0.800 bits per heavy atom. The lowest BCUT2D eigenvalue weighted by atomic mass is 10.1. The molecular formula is C27H16Cl2N2O4. The van der Waals surface area contributed by atoms with Gasteiger partial charge in [-0.05, 0) is 53.9 Å². The van der Waals surface area contributed by atoms with Crippen molar-refractivity contribution in [2.75, 3.05) is 10.2 Å². The summed E-state index contributed by atoms with van der Waals surface area (Å²) in [6.07, 6.45) is 0. The van der Waals surface area contributed by atoms with E-state index in [0.29, 0.717) is 27.7 Å². The smallest absolute Gasteiger partial charge is 0.343 e. The van der Waals surface area contributed by atoms with Gasteiger partial charge in [0.05, 0.1) is 11.3 Å². The van der Waals surface area contributed by atoms with Crippen LogP contribution in [0.2, 0.25) is 5.02 Å². The average molecular weight is 503 g/mol. The van der Waals surface area contributed by atoms with Crippen molar-refractivity contribution in [3.8, 4) is 5.75 Å². The van der Waals surface area contributed by atoms with Crippen LogP contribution < -0.4 is 15.0 Å². The van der Waals surface area contributed by atoms with Crippen LogP contribution in [0, 0.1) is 0 Å². The summed E-state index contributed by atoms with van der Waals surface area (Å²) in [5, 5.41) is 4.79. The van der Waals surface area contributed by atoms with E-state index < -0.39 is 17.8 Å². The van der Waals surface area contributed by atoms with Crippen LogP contribution in [-0.2, 0) is 9.59 Å². The maximum atomic E-state index is 13.2. The van der Waals surface area contributed by atoms with Crippen molar-refractivity contribution in [1.82, 2.24) is 0 Å². The van der Waals surface area contributed by atoms with E-state index in [1.54, 1.807) is 42.5 Å². The molecule has 0 unspecified atom stereocenters.